The molecule has 0 saturated carbocycles. The molecule has 0 saturated heterocycles. The van der Waals surface area contributed by atoms with Gasteiger partial charge in [-0.2, -0.15) is 0 Å². The van der Waals surface area contributed by atoms with Gasteiger partial charge in [0.2, 0.25) is 0 Å². The molecule has 0 fully saturated rings. The Labute approximate surface area is 146 Å². The number of rotatable bonds is 7. The third-order valence-corrected chi connectivity index (χ3v) is 6.06. The second-order valence-electron chi connectivity index (χ2n) is 4.96. The van der Waals surface area contributed by atoms with Crippen molar-refractivity contribution in [1.29, 1.82) is 0 Å². The van der Waals surface area contributed by atoms with E-state index in [4.69, 9.17) is 16.2 Å². The number of hydrogen-bond donors (Lipinski definition) is 2. The number of benzene rings is 2. The topological polar surface area (TPSA) is 64.5 Å². The normalized spacial score (nSPS) is 10.6. The Morgan fingerprint density at radius 3 is 2.22 bits per heavy atom. The minimum atomic E-state index is 0.738. The number of nitrogens with two attached hydrogens (primary N) is 2. The second-order valence-corrected chi connectivity index (χ2v) is 7.18. The summed E-state index contributed by atoms with van der Waals surface area (Å²) in [6.07, 6.45) is 0. The highest BCUT2D eigenvalue weighted by atomic mass is 33.1. The average Bonchev–Trinajstić information content (AvgIpc) is 2.56. The van der Waals surface area contributed by atoms with Crippen LogP contribution in [0, 0.1) is 0 Å². The Morgan fingerprint density at radius 2 is 1.61 bits per heavy atom. The largest absolute Gasteiger partial charge is 0.497 e. The average molecular weight is 350 g/mol. The van der Waals surface area contributed by atoms with E-state index in [-0.39, 0.29) is 0 Å². The van der Waals surface area contributed by atoms with Crippen molar-refractivity contribution in [2.75, 3.05) is 36.6 Å². The molecule has 0 atom stereocenters. The van der Waals surface area contributed by atoms with Crippen LogP contribution in [0.4, 0.5) is 17.1 Å². The minimum absolute atomic E-state index is 0.738. The number of methoxy groups -OCH3 is 1. The molecule has 23 heavy (non-hydrogen) atoms. The fourth-order valence-electron chi connectivity index (χ4n) is 2.20. The molecule has 0 aliphatic carbocycles. The van der Waals surface area contributed by atoms with E-state index < -0.39 is 0 Å². The van der Waals surface area contributed by atoms with Gasteiger partial charge in [-0.05, 0) is 50.2 Å². The fourth-order valence-corrected chi connectivity index (χ4v) is 4.41. The molecule has 2 aromatic carbocycles. The quantitative estimate of drug-likeness (QED) is 0.566. The van der Waals surface area contributed by atoms with E-state index >= 15 is 0 Å². The molecular weight excluding hydrogens is 326 g/mol. The van der Waals surface area contributed by atoms with Gasteiger partial charge in [0.1, 0.15) is 5.75 Å². The number of anilines is 3. The molecule has 0 amide bonds. The SMILES string of the molecule is CCN(CC)c1ccc(SSc2cc(OC)ccc2N)c(N)c1. The molecule has 0 aromatic heterocycles. The van der Waals surface area contributed by atoms with Crippen LogP contribution in [-0.4, -0.2) is 20.2 Å². The molecule has 0 aliphatic heterocycles. The number of hydrogen-bond acceptors (Lipinski definition) is 6. The molecule has 0 heterocycles. The predicted molar refractivity (Wildman–Crippen MR) is 104 cm³/mol. The first-order valence-electron chi connectivity index (χ1n) is 7.51. The Kier molecular flexibility index (Phi) is 6.36. The van der Waals surface area contributed by atoms with Crippen molar-refractivity contribution in [2.24, 2.45) is 0 Å². The van der Waals surface area contributed by atoms with Crippen LogP contribution in [0.25, 0.3) is 0 Å². The van der Waals surface area contributed by atoms with Crippen LogP contribution in [0.1, 0.15) is 13.8 Å². The van der Waals surface area contributed by atoms with Gasteiger partial charge in [-0.3, -0.25) is 0 Å². The maximum Gasteiger partial charge on any atom is 0.120 e. The van der Waals surface area contributed by atoms with Crippen LogP contribution in [0.2, 0.25) is 0 Å². The van der Waals surface area contributed by atoms with Gasteiger partial charge in [0.05, 0.1) is 7.11 Å². The van der Waals surface area contributed by atoms with Crippen molar-refractivity contribution in [3.63, 3.8) is 0 Å². The molecule has 0 radical (unpaired) electrons. The van der Waals surface area contributed by atoms with Crippen molar-refractivity contribution in [3.8, 4) is 5.75 Å². The molecule has 6 heteroatoms. The van der Waals surface area contributed by atoms with Crippen LogP contribution in [0.15, 0.2) is 46.2 Å². The van der Waals surface area contributed by atoms with Crippen LogP contribution >= 0.6 is 21.6 Å². The number of nitrogens with zero attached hydrogens (tertiary/aromatic N) is 1. The minimum Gasteiger partial charge on any atom is -0.497 e. The zero-order valence-electron chi connectivity index (χ0n) is 13.7. The first-order chi connectivity index (χ1) is 11.1. The zero-order valence-corrected chi connectivity index (χ0v) is 15.3. The van der Waals surface area contributed by atoms with Crippen LogP contribution < -0.4 is 21.1 Å². The Hall–Kier alpha value is -1.66. The van der Waals surface area contributed by atoms with Crippen LogP contribution in [-0.2, 0) is 0 Å². The lowest BCUT2D eigenvalue weighted by Gasteiger charge is -2.21. The Morgan fingerprint density at radius 1 is 0.913 bits per heavy atom. The molecule has 0 aliphatic rings. The van der Waals surface area contributed by atoms with E-state index in [1.807, 2.05) is 24.3 Å². The summed E-state index contributed by atoms with van der Waals surface area (Å²) in [6, 6.07) is 11.9. The molecule has 4 N–H and O–H groups in total. The van der Waals surface area contributed by atoms with Crippen LogP contribution in [0.5, 0.6) is 5.75 Å². The lowest BCUT2D eigenvalue weighted by molar-refractivity contribution is 0.414. The van der Waals surface area contributed by atoms with Gasteiger partial charge in [-0.1, -0.05) is 21.6 Å². The van der Waals surface area contributed by atoms with Gasteiger partial charge in [0, 0.05) is 39.9 Å². The summed E-state index contributed by atoms with van der Waals surface area (Å²) in [6.45, 7) is 6.22. The van der Waals surface area contributed by atoms with Crippen molar-refractivity contribution in [1.82, 2.24) is 0 Å². The third kappa shape index (κ3) is 4.42. The predicted octanol–water partition coefficient (Wildman–Crippen LogP) is 4.51. The first-order valence-corrected chi connectivity index (χ1v) is 9.66. The second kappa shape index (κ2) is 8.26. The zero-order chi connectivity index (χ0) is 16.8. The molecule has 0 spiro atoms. The Bertz CT molecular complexity index is 660. The highest BCUT2D eigenvalue weighted by Gasteiger charge is 2.09. The van der Waals surface area contributed by atoms with Crippen molar-refractivity contribution >= 4 is 38.6 Å². The molecular formula is C17H23N3OS2. The van der Waals surface area contributed by atoms with Crippen LogP contribution in [0.3, 0.4) is 0 Å². The lowest BCUT2D eigenvalue weighted by Crippen LogP contribution is -2.21. The summed E-state index contributed by atoms with van der Waals surface area (Å²) in [4.78, 5) is 4.28. The third-order valence-electron chi connectivity index (χ3n) is 3.56. The fraction of sp³-hybridized carbons (Fsp3) is 0.294. The summed E-state index contributed by atoms with van der Waals surface area (Å²) < 4.78 is 5.24. The number of ether oxygens (including phenoxy) is 1. The van der Waals surface area contributed by atoms with E-state index in [0.29, 0.717) is 0 Å². The standard InChI is InChI=1S/C17H23N3OS2/c1-4-20(5-2)12-6-9-16(15(19)10-12)22-23-17-11-13(21-3)7-8-14(17)18/h6-11H,4-5,18-19H2,1-3H3. The Balaban J connectivity index is 2.12. The summed E-state index contributed by atoms with van der Waals surface area (Å²) in [5.74, 6) is 0.798. The van der Waals surface area contributed by atoms with Crippen molar-refractivity contribution < 1.29 is 4.74 Å². The van der Waals surface area contributed by atoms with E-state index in [1.54, 1.807) is 28.7 Å². The summed E-state index contributed by atoms with van der Waals surface area (Å²) in [5, 5.41) is 0. The maximum absolute atomic E-state index is 6.21. The van der Waals surface area contributed by atoms with E-state index in [0.717, 1.165) is 45.7 Å². The summed E-state index contributed by atoms with van der Waals surface area (Å²) >= 11 is 0. The first kappa shape index (κ1) is 17.7. The summed E-state index contributed by atoms with van der Waals surface area (Å²) in [7, 11) is 4.84. The van der Waals surface area contributed by atoms with Gasteiger partial charge in [-0.25, -0.2) is 0 Å². The highest BCUT2D eigenvalue weighted by molar-refractivity contribution is 8.76. The lowest BCUT2D eigenvalue weighted by atomic mass is 10.2. The van der Waals surface area contributed by atoms with Gasteiger partial charge in [-0.15, -0.1) is 0 Å². The van der Waals surface area contributed by atoms with Gasteiger partial charge >= 0.3 is 0 Å². The molecule has 0 unspecified atom stereocenters. The van der Waals surface area contributed by atoms with Gasteiger partial charge < -0.3 is 21.1 Å². The molecule has 4 nitrogen and oxygen atoms in total. The number of nitrogen functional groups attached to an aromatic ring is 2. The summed E-state index contributed by atoms with van der Waals surface area (Å²) in [5.41, 5.74) is 14.9. The van der Waals surface area contributed by atoms with Gasteiger partial charge in [0.15, 0.2) is 0 Å². The van der Waals surface area contributed by atoms with E-state index in [1.165, 1.54) is 0 Å². The van der Waals surface area contributed by atoms with Crippen molar-refractivity contribution in [3.05, 3.63) is 36.4 Å². The van der Waals surface area contributed by atoms with E-state index in [2.05, 4.69) is 30.9 Å². The smallest absolute Gasteiger partial charge is 0.120 e. The molecule has 0 bridgehead atoms. The van der Waals surface area contributed by atoms with Crippen molar-refractivity contribution in [2.45, 2.75) is 23.6 Å². The molecule has 124 valence electrons. The van der Waals surface area contributed by atoms with Gasteiger partial charge in [0.25, 0.3) is 0 Å². The molecule has 2 aromatic rings. The van der Waals surface area contributed by atoms with E-state index in [9.17, 15) is 0 Å². The molecule has 2 rings (SSSR count). The monoisotopic (exact) mass is 349 g/mol. The highest BCUT2D eigenvalue weighted by Crippen LogP contribution is 2.44. The maximum atomic E-state index is 6.21.